The monoisotopic (exact) mass is 270 g/mol. The van der Waals surface area contributed by atoms with Crippen LogP contribution >= 0.6 is 0 Å². The van der Waals surface area contributed by atoms with E-state index in [2.05, 4.69) is 5.32 Å². The zero-order valence-corrected chi connectivity index (χ0v) is 11.4. The minimum Gasteiger partial charge on any atom is -0.469 e. The van der Waals surface area contributed by atoms with Gasteiger partial charge in [-0.15, -0.1) is 0 Å². The Bertz CT molecular complexity index is 588. The first kappa shape index (κ1) is 13.9. The van der Waals surface area contributed by atoms with E-state index in [4.69, 9.17) is 10.2 Å². The van der Waals surface area contributed by atoms with Crippen molar-refractivity contribution in [2.24, 2.45) is 0 Å². The molecular weight excluding hydrogens is 252 g/mol. The number of benzene rings is 1. The molecule has 1 heterocycles. The van der Waals surface area contributed by atoms with Crippen LogP contribution in [0.4, 0.5) is 5.69 Å². The van der Waals surface area contributed by atoms with E-state index >= 15 is 0 Å². The van der Waals surface area contributed by atoms with Crippen LogP contribution in [0.5, 0.6) is 0 Å². The highest BCUT2D eigenvalue weighted by Gasteiger charge is 2.07. The van der Waals surface area contributed by atoms with Crippen LogP contribution < -0.4 is 11.1 Å². The Labute approximate surface area is 118 Å². The van der Waals surface area contributed by atoms with Crippen molar-refractivity contribution in [1.29, 1.82) is 0 Å². The lowest BCUT2D eigenvalue weighted by Crippen LogP contribution is -2.32. The normalized spacial score (nSPS) is 12.4. The van der Waals surface area contributed by atoms with E-state index in [1.54, 1.807) is 12.3 Å². The summed E-state index contributed by atoms with van der Waals surface area (Å²) in [5.41, 5.74) is 7.26. The van der Waals surface area contributed by atoms with Crippen molar-refractivity contribution in [3.8, 4) is 0 Å². The number of carbonyl (C=O) groups excluding carboxylic acids is 1. The maximum Gasteiger partial charge on any atom is 0.244 e. The lowest BCUT2D eigenvalue weighted by molar-refractivity contribution is -0.117. The van der Waals surface area contributed by atoms with E-state index in [1.807, 2.05) is 43.3 Å². The summed E-state index contributed by atoms with van der Waals surface area (Å²) in [6.07, 6.45) is 5.55. The second-order valence-electron chi connectivity index (χ2n) is 4.70. The van der Waals surface area contributed by atoms with Crippen molar-refractivity contribution in [3.05, 3.63) is 60.1 Å². The summed E-state index contributed by atoms with van der Waals surface area (Å²) >= 11 is 0. The molecule has 1 unspecified atom stereocenters. The van der Waals surface area contributed by atoms with E-state index in [-0.39, 0.29) is 11.9 Å². The van der Waals surface area contributed by atoms with E-state index < -0.39 is 0 Å². The second kappa shape index (κ2) is 6.61. The Hall–Kier alpha value is -2.49. The van der Waals surface area contributed by atoms with Gasteiger partial charge in [0.15, 0.2) is 0 Å². The molecule has 0 saturated heterocycles. The highest BCUT2D eigenvalue weighted by Crippen LogP contribution is 2.08. The van der Waals surface area contributed by atoms with Crippen LogP contribution in [0, 0.1) is 0 Å². The fraction of sp³-hybridized carbons (Fsp3) is 0.188. The zero-order chi connectivity index (χ0) is 14.4. The first-order valence-electron chi connectivity index (χ1n) is 6.50. The van der Waals surface area contributed by atoms with Gasteiger partial charge in [0.25, 0.3) is 0 Å². The molecule has 104 valence electrons. The highest BCUT2D eigenvalue weighted by molar-refractivity contribution is 5.92. The molecule has 4 heteroatoms. The topological polar surface area (TPSA) is 68.3 Å². The summed E-state index contributed by atoms with van der Waals surface area (Å²) in [5, 5.41) is 2.89. The van der Waals surface area contributed by atoms with Crippen molar-refractivity contribution in [1.82, 2.24) is 5.32 Å². The largest absolute Gasteiger partial charge is 0.469 e. The van der Waals surface area contributed by atoms with Crippen molar-refractivity contribution in [3.63, 3.8) is 0 Å². The number of nitrogens with two attached hydrogens (primary N) is 1. The molecule has 3 N–H and O–H groups in total. The number of amides is 1. The average molecular weight is 270 g/mol. The standard InChI is InChI=1S/C16H18N2O2/c1-12(10-15-6-3-9-20-15)18-16(19)8-7-13-4-2-5-14(17)11-13/h2-9,11-12H,10,17H2,1H3,(H,18,19)/b8-7+. The van der Waals surface area contributed by atoms with Crippen molar-refractivity contribution < 1.29 is 9.21 Å². The van der Waals surface area contributed by atoms with Gasteiger partial charge in [0.2, 0.25) is 5.91 Å². The summed E-state index contributed by atoms with van der Waals surface area (Å²) in [7, 11) is 0. The van der Waals surface area contributed by atoms with Crippen molar-refractivity contribution in [2.75, 3.05) is 5.73 Å². The minimum atomic E-state index is -0.133. The summed E-state index contributed by atoms with van der Waals surface area (Å²) < 4.78 is 5.24. The summed E-state index contributed by atoms with van der Waals surface area (Å²) in [5.74, 6) is 0.726. The molecule has 20 heavy (non-hydrogen) atoms. The predicted octanol–water partition coefficient (Wildman–Crippen LogP) is 2.62. The molecule has 0 spiro atoms. The maximum absolute atomic E-state index is 11.8. The molecule has 0 aliphatic carbocycles. The second-order valence-corrected chi connectivity index (χ2v) is 4.70. The zero-order valence-electron chi connectivity index (χ0n) is 11.4. The van der Waals surface area contributed by atoms with Gasteiger partial charge in [-0.2, -0.15) is 0 Å². The van der Waals surface area contributed by atoms with Gasteiger partial charge < -0.3 is 15.5 Å². The lowest BCUT2D eigenvalue weighted by atomic mass is 10.1. The SMILES string of the molecule is CC(Cc1ccco1)NC(=O)/C=C/c1cccc(N)c1. The molecule has 4 nitrogen and oxygen atoms in total. The van der Waals surface area contributed by atoms with Gasteiger partial charge in [-0.25, -0.2) is 0 Å². The number of carbonyl (C=O) groups is 1. The number of anilines is 1. The molecule has 0 fully saturated rings. The van der Waals surface area contributed by atoms with Gasteiger partial charge in [0.1, 0.15) is 5.76 Å². The number of nitrogen functional groups attached to an aromatic ring is 1. The molecule has 1 aromatic heterocycles. The molecule has 0 bridgehead atoms. The highest BCUT2D eigenvalue weighted by atomic mass is 16.3. The Kier molecular flexibility index (Phi) is 4.60. The Morgan fingerprint density at radius 3 is 2.95 bits per heavy atom. The maximum atomic E-state index is 11.8. The third-order valence-electron chi connectivity index (χ3n) is 2.81. The minimum absolute atomic E-state index is 0.0131. The lowest BCUT2D eigenvalue weighted by Gasteiger charge is -2.10. The summed E-state index contributed by atoms with van der Waals surface area (Å²) in [4.78, 5) is 11.8. The molecule has 1 atom stereocenters. The average Bonchev–Trinajstić information content (AvgIpc) is 2.89. The van der Waals surface area contributed by atoms with Crippen molar-refractivity contribution >= 4 is 17.7 Å². The number of hydrogen-bond donors (Lipinski definition) is 2. The van der Waals surface area contributed by atoms with Crippen LogP contribution in [0.3, 0.4) is 0 Å². The quantitative estimate of drug-likeness (QED) is 0.648. The molecule has 0 aliphatic rings. The van der Waals surface area contributed by atoms with Gasteiger partial charge in [-0.05, 0) is 42.8 Å². The third-order valence-corrected chi connectivity index (χ3v) is 2.81. The number of nitrogens with one attached hydrogen (secondary N) is 1. The third kappa shape index (κ3) is 4.31. The van der Waals surface area contributed by atoms with Crippen LogP contribution in [-0.4, -0.2) is 11.9 Å². The van der Waals surface area contributed by atoms with Crippen LogP contribution in [0.2, 0.25) is 0 Å². The Balaban J connectivity index is 1.85. The number of furan rings is 1. The van der Waals surface area contributed by atoms with E-state index in [0.717, 1.165) is 11.3 Å². The molecule has 2 aromatic rings. The Morgan fingerprint density at radius 2 is 2.25 bits per heavy atom. The first-order valence-corrected chi connectivity index (χ1v) is 6.50. The number of hydrogen-bond acceptors (Lipinski definition) is 3. The molecule has 1 aromatic carbocycles. The molecule has 2 rings (SSSR count). The van der Waals surface area contributed by atoms with Crippen LogP contribution in [-0.2, 0) is 11.2 Å². The molecular formula is C16H18N2O2. The van der Waals surface area contributed by atoms with E-state index in [0.29, 0.717) is 12.1 Å². The van der Waals surface area contributed by atoms with Gasteiger partial charge in [-0.3, -0.25) is 4.79 Å². The Morgan fingerprint density at radius 1 is 1.40 bits per heavy atom. The number of rotatable bonds is 5. The first-order chi connectivity index (χ1) is 9.63. The van der Waals surface area contributed by atoms with Crippen LogP contribution in [0.15, 0.2) is 53.2 Å². The van der Waals surface area contributed by atoms with Gasteiger partial charge in [-0.1, -0.05) is 12.1 Å². The van der Waals surface area contributed by atoms with Crippen molar-refractivity contribution in [2.45, 2.75) is 19.4 Å². The van der Waals surface area contributed by atoms with Gasteiger partial charge >= 0.3 is 0 Å². The van der Waals surface area contributed by atoms with E-state index in [1.165, 1.54) is 6.08 Å². The van der Waals surface area contributed by atoms with Crippen LogP contribution in [0.1, 0.15) is 18.2 Å². The van der Waals surface area contributed by atoms with E-state index in [9.17, 15) is 4.79 Å². The summed E-state index contributed by atoms with van der Waals surface area (Å²) in [6.45, 7) is 1.94. The summed E-state index contributed by atoms with van der Waals surface area (Å²) in [6, 6.07) is 11.1. The molecule has 0 radical (unpaired) electrons. The smallest absolute Gasteiger partial charge is 0.244 e. The molecule has 0 saturated carbocycles. The fourth-order valence-corrected chi connectivity index (χ4v) is 1.91. The van der Waals surface area contributed by atoms with Gasteiger partial charge in [0.05, 0.1) is 6.26 Å². The molecule has 0 aliphatic heterocycles. The molecule has 1 amide bonds. The predicted molar refractivity (Wildman–Crippen MR) is 79.9 cm³/mol. The fourth-order valence-electron chi connectivity index (χ4n) is 1.91. The van der Waals surface area contributed by atoms with Gasteiger partial charge in [0, 0.05) is 24.2 Å². The van der Waals surface area contributed by atoms with Crippen LogP contribution in [0.25, 0.3) is 6.08 Å².